The highest BCUT2D eigenvalue weighted by molar-refractivity contribution is 5.91. The Labute approximate surface area is 137 Å². The van der Waals surface area contributed by atoms with Crippen LogP contribution in [0.15, 0.2) is 30.3 Å². The van der Waals surface area contributed by atoms with Crippen LogP contribution in [0.4, 0.5) is 0 Å². The van der Waals surface area contributed by atoms with Crippen molar-refractivity contribution >= 4 is 18.0 Å². The van der Waals surface area contributed by atoms with E-state index in [0.29, 0.717) is 18.5 Å². The number of amides is 1. The molecular formula is C18H22N2O3. The molecule has 1 amide bonds. The lowest BCUT2D eigenvalue weighted by molar-refractivity contribution is -0.140. The van der Waals surface area contributed by atoms with Crippen LogP contribution in [0.5, 0.6) is 0 Å². The van der Waals surface area contributed by atoms with Crippen LogP contribution in [0, 0.1) is 11.3 Å². The quantitative estimate of drug-likeness (QED) is 0.432. The predicted molar refractivity (Wildman–Crippen MR) is 88.3 cm³/mol. The molecule has 0 bridgehead atoms. The summed E-state index contributed by atoms with van der Waals surface area (Å²) in [4.78, 5) is 22.6. The maximum atomic E-state index is 11.7. The van der Waals surface area contributed by atoms with Crippen LogP contribution >= 0.6 is 0 Å². The van der Waals surface area contributed by atoms with Gasteiger partial charge in [-0.15, -0.1) is 0 Å². The number of benzene rings is 1. The highest BCUT2D eigenvalue weighted by atomic mass is 16.5. The Balaban J connectivity index is 2.16. The summed E-state index contributed by atoms with van der Waals surface area (Å²) >= 11 is 0. The molecule has 0 aliphatic carbocycles. The Hall–Kier alpha value is -2.61. The smallest absolute Gasteiger partial charge is 0.305 e. The maximum absolute atomic E-state index is 11.7. The van der Waals surface area contributed by atoms with E-state index in [1.165, 1.54) is 13.2 Å². The highest BCUT2D eigenvalue weighted by Crippen LogP contribution is 2.06. The van der Waals surface area contributed by atoms with E-state index in [2.05, 4.69) is 16.1 Å². The van der Waals surface area contributed by atoms with Crippen molar-refractivity contribution in [2.24, 2.45) is 0 Å². The normalized spacial score (nSPS) is 10.3. The van der Waals surface area contributed by atoms with E-state index in [9.17, 15) is 9.59 Å². The summed E-state index contributed by atoms with van der Waals surface area (Å²) in [7, 11) is 1.39. The number of carbonyl (C=O) groups excluding carboxylic acids is 2. The molecule has 0 aliphatic rings. The SMILES string of the molecule is COC(=O)CCCCCCNC(=O)/C=C/c1cccc(C#N)c1. The van der Waals surface area contributed by atoms with Gasteiger partial charge in [0.2, 0.25) is 5.91 Å². The van der Waals surface area contributed by atoms with Gasteiger partial charge in [0.15, 0.2) is 0 Å². The van der Waals surface area contributed by atoms with E-state index in [1.54, 1.807) is 24.3 Å². The number of rotatable bonds is 9. The van der Waals surface area contributed by atoms with Gasteiger partial charge in [0, 0.05) is 19.0 Å². The van der Waals surface area contributed by atoms with Crippen LogP contribution in [-0.2, 0) is 14.3 Å². The Kier molecular flexibility index (Phi) is 8.84. The van der Waals surface area contributed by atoms with E-state index in [4.69, 9.17) is 5.26 Å². The van der Waals surface area contributed by atoms with Crippen LogP contribution < -0.4 is 5.32 Å². The standard InChI is InChI=1S/C18H22N2O3/c1-23-18(22)9-4-2-3-5-12-20-17(21)11-10-15-7-6-8-16(13-15)14-19/h6-8,10-11,13H,2-5,9,12H2,1H3,(H,20,21)/b11-10+. The Morgan fingerprint density at radius 2 is 2.04 bits per heavy atom. The van der Waals surface area contributed by atoms with E-state index in [1.807, 2.05) is 6.07 Å². The zero-order chi connectivity index (χ0) is 16.9. The molecule has 0 radical (unpaired) electrons. The van der Waals surface area contributed by atoms with Gasteiger partial charge in [0.25, 0.3) is 0 Å². The molecule has 1 rings (SSSR count). The molecule has 1 aromatic rings. The first-order chi connectivity index (χ1) is 11.2. The minimum Gasteiger partial charge on any atom is -0.469 e. The van der Waals surface area contributed by atoms with Crippen LogP contribution in [0.25, 0.3) is 6.08 Å². The number of methoxy groups -OCH3 is 1. The van der Waals surface area contributed by atoms with Crippen molar-refractivity contribution in [3.63, 3.8) is 0 Å². The van der Waals surface area contributed by atoms with Gasteiger partial charge in [-0.2, -0.15) is 5.26 Å². The molecule has 0 aromatic heterocycles. The van der Waals surface area contributed by atoms with Gasteiger partial charge < -0.3 is 10.1 Å². The first-order valence-corrected chi connectivity index (χ1v) is 7.68. The molecule has 5 heteroatoms. The molecule has 0 fully saturated rings. The molecule has 0 saturated carbocycles. The molecule has 122 valence electrons. The minimum atomic E-state index is -0.177. The summed E-state index contributed by atoms with van der Waals surface area (Å²) in [6.45, 7) is 0.611. The second kappa shape index (κ2) is 11.0. The lowest BCUT2D eigenvalue weighted by atomic mass is 10.1. The van der Waals surface area contributed by atoms with E-state index >= 15 is 0 Å². The third kappa shape index (κ3) is 8.42. The number of nitrogens with one attached hydrogen (secondary N) is 1. The first kappa shape index (κ1) is 18.4. The monoisotopic (exact) mass is 314 g/mol. The van der Waals surface area contributed by atoms with Gasteiger partial charge in [-0.05, 0) is 36.6 Å². The molecule has 0 spiro atoms. The Bertz CT molecular complexity index is 588. The molecule has 0 unspecified atom stereocenters. The fourth-order valence-corrected chi connectivity index (χ4v) is 2.00. The molecule has 0 atom stereocenters. The van der Waals surface area contributed by atoms with Crippen molar-refractivity contribution in [3.05, 3.63) is 41.5 Å². The van der Waals surface area contributed by atoms with Crippen molar-refractivity contribution < 1.29 is 14.3 Å². The zero-order valence-electron chi connectivity index (χ0n) is 13.4. The minimum absolute atomic E-state index is 0.151. The number of hydrogen-bond acceptors (Lipinski definition) is 4. The summed E-state index contributed by atoms with van der Waals surface area (Å²) < 4.78 is 4.57. The summed E-state index contributed by atoms with van der Waals surface area (Å²) in [5.41, 5.74) is 1.39. The van der Waals surface area contributed by atoms with E-state index in [-0.39, 0.29) is 11.9 Å². The number of carbonyl (C=O) groups is 2. The van der Waals surface area contributed by atoms with Crippen molar-refractivity contribution in [2.75, 3.05) is 13.7 Å². The number of hydrogen-bond donors (Lipinski definition) is 1. The number of esters is 1. The molecule has 0 aliphatic heterocycles. The lowest BCUT2D eigenvalue weighted by Crippen LogP contribution is -2.21. The van der Waals surface area contributed by atoms with Crippen molar-refractivity contribution in [1.29, 1.82) is 5.26 Å². The predicted octanol–water partition coefficient (Wildman–Crippen LogP) is 2.81. The number of nitriles is 1. The molecule has 0 saturated heterocycles. The summed E-state index contributed by atoms with van der Waals surface area (Å²) in [5.74, 6) is -0.328. The molecular weight excluding hydrogens is 292 g/mol. The second-order valence-corrected chi connectivity index (χ2v) is 5.10. The highest BCUT2D eigenvalue weighted by Gasteiger charge is 2.00. The van der Waals surface area contributed by atoms with Crippen molar-refractivity contribution in [3.8, 4) is 6.07 Å². The van der Waals surface area contributed by atoms with E-state index in [0.717, 1.165) is 31.2 Å². The van der Waals surface area contributed by atoms with Gasteiger partial charge in [0.05, 0.1) is 18.7 Å². The Morgan fingerprint density at radius 3 is 2.78 bits per heavy atom. The number of unbranched alkanes of at least 4 members (excludes halogenated alkanes) is 3. The summed E-state index contributed by atoms with van der Waals surface area (Å²) in [6.07, 6.45) is 7.21. The van der Waals surface area contributed by atoms with Gasteiger partial charge in [-0.1, -0.05) is 25.0 Å². The summed E-state index contributed by atoms with van der Waals surface area (Å²) in [6, 6.07) is 9.13. The average molecular weight is 314 g/mol. The Morgan fingerprint density at radius 1 is 1.26 bits per heavy atom. The van der Waals surface area contributed by atoms with E-state index < -0.39 is 0 Å². The van der Waals surface area contributed by atoms with Crippen LogP contribution in [0.1, 0.15) is 43.2 Å². The van der Waals surface area contributed by atoms with Crippen LogP contribution in [-0.4, -0.2) is 25.5 Å². The number of ether oxygens (including phenoxy) is 1. The van der Waals surface area contributed by atoms with Crippen molar-refractivity contribution in [1.82, 2.24) is 5.32 Å². The van der Waals surface area contributed by atoms with Crippen LogP contribution in [0.2, 0.25) is 0 Å². The third-order valence-corrected chi connectivity index (χ3v) is 3.28. The molecule has 1 aromatic carbocycles. The zero-order valence-corrected chi connectivity index (χ0v) is 13.4. The molecule has 0 heterocycles. The first-order valence-electron chi connectivity index (χ1n) is 7.68. The second-order valence-electron chi connectivity index (χ2n) is 5.10. The molecule has 23 heavy (non-hydrogen) atoms. The third-order valence-electron chi connectivity index (χ3n) is 3.28. The largest absolute Gasteiger partial charge is 0.469 e. The van der Waals surface area contributed by atoms with Gasteiger partial charge in [-0.25, -0.2) is 0 Å². The summed E-state index contributed by atoms with van der Waals surface area (Å²) in [5, 5.41) is 11.6. The number of nitrogens with zero attached hydrogens (tertiary/aromatic N) is 1. The van der Waals surface area contributed by atoms with Crippen molar-refractivity contribution in [2.45, 2.75) is 32.1 Å². The van der Waals surface area contributed by atoms with Gasteiger partial charge in [-0.3, -0.25) is 9.59 Å². The van der Waals surface area contributed by atoms with Crippen LogP contribution in [0.3, 0.4) is 0 Å². The fourth-order valence-electron chi connectivity index (χ4n) is 2.00. The molecule has 1 N–H and O–H groups in total. The van der Waals surface area contributed by atoms with Gasteiger partial charge in [0.1, 0.15) is 0 Å². The van der Waals surface area contributed by atoms with Gasteiger partial charge >= 0.3 is 5.97 Å². The average Bonchev–Trinajstić information content (AvgIpc) is 2.59. The maximum Gasteiger partial charge on any atom is 0.305 e. The fraction of sp³-hybridized carbons (Fsp3) is 0.389. The topological polar surface area (TPSA) is 79.2 Å². The lowest BCUT2D eigenvalue weighted by Gasteiger charge is -2.02. The molecule has 5 nitrogen and oxygen atoms in total.